The Hall–Kier alpha value is -2.29. The summed E-state index contributed by atoms with van der Waals surface area (Å²) >= 11 is 0. The van der Waals surface area contributed by atoms with Crippen molar-refractivity contribution in [3.05, 3.63) is 65.2 Å². The number of carbonyl (C=O) groups is 1. The van der Waals surface area contributed by atoms with Gasteiger partial charge in [-0.25, -0.2) is 0 Å². The van der Waals surface area contributed by atoms with Crippen LogP contribution < -0.4 is 10.1 Å². The number of rotatable bonds is 6. The molecule has 25 heavy (non-hydrogen) atoms. The predicted molar refractivity (Wildman–Crippen MR) is 101 cm³/mol. The van der Waals surface area contributed by atoms with Gasteiger partial charge in [-0.2, -0.15) is 0 Å². The molecular formula is C22H27NO2. The third kappa shape index (κ3) is 4.41. The maximum Gasteiger partial charge on any atom is 0.221 e. The average molecular weight is 337 g/mol. The molecule has 3 rings (SSSR count). The minimum absolute atomic E-state index is 0.0215. The largest absolute Gasteiger partial charge is 0.494 e. The molecule has 0 radical (unpaired) electrons. The van der Waals surface area contributed by atoms with Gasteiger partial charge in [-0.3, -0.25) is 4.79 Å². The van der Waals surface area contributed by atoms with Crippen LogP contribution in [0.4, 0.5) is 0 Å². The summed E-state index contributed by atoms with van der Waals surface area (Å²) in [6.45, 7) is 4.64. The quantitative estimate of drug-likeness (QED) is 0.824. The van der Waals surface area contributed by atoms with Crippen molar-refractivity contribution >= 4 is 5.91 Å². The van der Waals surface area contributed by atoms with Crippen LogP contribution in [-0.4, -0.2) is 12.5 Å². The normalized spacial score (nSPS) is 17.4. The van der Waals surface area contributed by atoms with Gasteiger partial charge in [-0.15, -0.1) is 0 Å². The maximum absolute atomic E-state index is 12.6. The Morgan fingerprint density at radius 2 is 2.08 bits per heavy atom. The molecule has 3 heteroatoms. The topological polar surface area (TPSA) is 38.3 Å². The van der Waals surface area contributed by atoms with E-state index in [1.807, 2.05) is 38.1 Å². The van der Waals surface area contributed by atoms with E-state index in [0.717, 1.165) is 24.2 Å². The molecule has 0 bridgehead atoms. The number of amides is 1. The van der Waals surface area contributed by atoms with Gasteiger partial charge in [0.2, 0.25) is 5.91 Å². The molecule has 2 aromatic carbocycles. The zero-order valence-electron chi connectivity index (χ0n) is 15.1. The molecule has 0 aliphatic heterocycles. The molecule has 1 aliphatic rings. The highest BCUT2D eigenvalue weighted by atomic mass is 16.5. The molecule has 0 saturated heterocycles. The average Bonchev–Trinajstić information content (AvgIpc) is 2.62. The summed E-state index contributed by atoms with van der Waals surface area (Å²) in [4.78, 5) is 12.6. The fourth-order valence-corrected chi connectivity index (χ4v) is 3.71. The third-order valence-electron chi connectivity index (χ3n) is 4.97. The lowest BCUT2D eigenvalue weighted by atomic mass is 9.81. The molecule has 2 atom stereocenters. The van der Waals surface area contributed by atoms with Gasteiger partial charge in [0.05, 0.1) is 12.6 Å². The van der Waals surface area contributed by atoms with E-state index in [2.05, 4.69) is 29.6 Å². The van der Waals surface area contributed by atoms with Gasteiger partial charge in [-0.1, -0.05) is 36.4 Å². The lowest BCUT2D eigenvalue weighted by Gasteiger charge is -2.25. The van der Waals surface area contributed by atoms with Crippen LogP contribution in [-0.2, 0) is 11.2 Å². The Morgan fingerprint density at radius 1 is 1.24 bits per heavy atom. The zero-order valence-corrected chi connectivity index (χ0v) is 15.1. The Kier molecular flexibility index (Phi) is 5.75. The molecule has 1 N–H and O–H groups in total. The number of hydrogen-bond donors (Lipinski definition) is 1. The van der Waals surface area contributed by atoms with E-state index in [-0.39, 0.29) is 11.9 Å². The van der Waals surface area contributed by atoms with E-state index in [1.54, 1.807) is 0 Å². The maximum atomic E-state index is 12.6. The highest BCUT2D eigenvalue weighted by molar-refractivity contribution is 5.77. The molecular weight excluding hydrogens is 310 g/mol. The van der Waals surface area contributed by atoms with Crippen molar-refractivity contribution in [3.8, 4) is 5.75 Å². The molecule has 132 valence electrons. The summed E-state index contributed by atoms with van der Waals surface area (Å²) in [5.41, 5.74) is 3.84. The number of benzene rings is 2. The molecule has 1 amide bonds. The summed E-state index contributed by atoms with van der Waals surface area (Å²) in [6.07, 6.45) is 3.96. The second-order valence-electron chi connectivity index (χ2n) is 6.79. The standard InChI is InChI=1S/C22H27NO2/c1-3-25-20-12-7-10-18(14-20)16(2)23-22(24)15-19-11-6-9-17-8-4-5-13-21(17)19/h4-5,7-8,10,12-14,16,19H,3,6,9,11,15H2,1-2H3,(H,23,24). The van der Waals surface area contributed by atoms with E-state index in [4.69, 9.17) is 4.74 Å². The minimum atomic E-state index is -0.0215. The molecule has 0 spiro atoms. The second-order valence-corrected chi connectivity index (χ2v) is 6.79. The van der Waals surface area contributed by atoms with E-state index in [0.29, 0.717) is 18.9 Å². The Balaban J connectivity index is 1.62. The highest BCUT2D eigenvalue weighted by Gasteiger charge is 2.23. The zero-order chi connectivity index (χ0) is 17.6. The first-order valence-electron chi connectivity index (χ1n) is 9.27. The Bertz CT molecular complexity index is 725. The molecule has 0 aromatic heterocycles. The van der Waals surface area contributed by atoms with Gasteiger partial charge >= 0.3 is 0 Å². The van der Waals surface area contributed by atoms with Gasteiger partial charge in [0.25, 0.3) is 0 Å². The third-order valence-corrected chi connectivity index (χ3v) is 4.97. The molecule has 0 heterocycles. The first kappa shape index (κ1) is 17.5. The predicted octanol–water partition coefficient (Wildman–Crippen LogP) is 4.77. The van der Waals surface area contributed by atoms with Crippen molar-refractivity contribution in [2.45, 2.75) is 51.5 Å². The summed E-state index contributed by atoms with van der Waals surface area (Å²) in [5.74, 6) is 1.31. The van der Waals surface area contributed by atoms with Crippen LogP contribution in [0.15, 0.2) is 48.5 Å². The minimum Gasteiger partial charge on any atom is -0.494 e. The molecule has 2 unspecified atom stereocenters. The molecule has 0 saturated carbocycles. The lowest BCUT2D eigenvalue weighted by molar-refractivity contribution is -0.122. The smallest absolute Gasteiger partial charge is 0.221 e. The van der Waals surface area contributed by atoms with E-state index in [9.17, 15) is 4.79 Å². The van der Waals surface area contributed by atoms with Crippen LogP contribution in [0.5, 0.6) is 5.75 Å². The number of ether oxygens (including phenoxy) is 1. The van der Waals surface area contributed by atoms with Crippen LogP contribution in [0.3, 0.4) is 0 Å². The van der Waals surface area contributed by atoms with Crippen LogP contribution in [0, 0.1) is 0 Å². The van der Waals surface area contributed by atoms with Crippen LogP contribution >= 0.6 is 0 Å². The Labute approximate surface area is 150 Å². The van der Waals surface area contributed by atoms with E-state index >= 15 is 0 Å². The Morgan fingerprint density at radius 3 is 2.92 bits per heavy atom. The van der Waals surface area contributed by atoms with Crippen molar-refractivity contribution in [2.75, 3.05) is 6.61 Å². The molecule has 3 nitrogen and oxygen atoms in total. The van der Waals surface area contributed by atoms with Crippen molar-refractivity contribution in [2.24, 2.45) is 0 Å². The van der Waals surface area contributed by atoms with Crippen molar-refractivity contribution in [3.63, 3.8) is 0 Å². The first-order chi connectivity index (χ1) is 12.2. The van der Waals surface area contributed by atoms with Gasteiger partial charge in [0.1, 0.15) is 5.75 Å². The first-order valence-corrected chi connectivity index (χ1v) is 9.27. The van der Waals surface area contributed by atoms with Gasteiger partial charge in [0.15, 0.2) is 0 Å². The number of carbonyl (C=O) groups excluding carboxylic acids is 1. The van der Waals surface area contributed by atoms with Crippen molar-refractivity contribution < 1.29 is 9.53 Å². The highest BCUT2D eigenvalue weighted by Crippen LogP contribution is 2.34. The summed E-state index contributed by atoms with van der Waals surface area (Å²) in [7, 11) is 0. The van der Waals surface area contributed by atoms with Crippen LogP contribution in [0.25, 0.3) is 0 Å². The summed E-state index contributed by atoms with van der Waals surface area (Å²) in [6, 6.07) is 16.5. The van der Waals surface area contributed by atoms with E-state index < -0.39 is 0 Å². The summed E-state index contributed by atoms with van der Waals surface area (Å²) < 4.78 is 5.55. The van der Waals surface area contributed by atoms with E-state index in [1.165, 1.54) is 17.5 Å². The molecule has 2 aromatic rings. The lowest BCUT2D eigenvalue weighted by Crippen LogP contribution is -2.28. The van der Waals surface area contributed by atoms with Gasteiger partial charge < -0.3 is 10.1 Å². The fourth-order valence-electron chi connectivity index (χ4n) is 3.71. The SMILES string of the molecule is CCOc1cccc(C(C)NC(=O)CC2CCCc3ccccc32)c1. The van der Waals surface area contributed by atoms with Gasteiger partial charge in [0, 0.05) is 6.42 Å². The van der Waals surface area contributed by atoms with Crippen LogP contribution in [0.2, 0.25) is 0 Å². The fraction of sp³-hybridized carbons (Fsp3) is 0.409. The van der Waals surface area contributed by atoms with Crippen molar-refractivity contribution in [1.29, 1.82) is 0 Å². The second kappa shape index (κ2) is 8.19. The molecule has 1 aliphatic carbocycles. The molecule has 0 fully saturated rings. The van der Waals surface area contributed by atoms with Gasteiger partial charge in [-0.05, 0) is 67.9 Å². The van der Waals surface area contributed by atoms with Crippen LogP contribution in [0.1, 0.15) is 61.8 Å². The summed E-state index contributed by atoms with van der Waals surface area (Å²) in [5, 5.41) is 3.15. The van der Waals surface area contributed by atoms with Crippen molar-refractivity contribution in [1.82, 2.24) is 5.32 Å². The number of hydrogen-bond acceptors (Lipinski definition) is 2. The monoisotopic (exact) mass is 337 g/mol. The number of nitrogens with one attached hydrogen (secondary N) is 1. The number of fused-ring (bicyclic) bond motifs is 1. The number of aryl methyl sites for hydroxylation is 1.